The molecule has 1 aliphatic rings. The molecule has 0 spiro atoms. The molecule has 0 aliphatic heterocycles. The quantitative estimate of drug-likeness (QED) is 0.823. The van der Waals surface area contributed by atoms with Crippen LogP contribution in [-0.2, 0) is 0 Å². The van der Waals surface area contributed by atoms with Crippen molar-refractivity contribution < 1.29 is 14.2 Å². The normalized spacial score (nSPS) is 18.4. The molecule has 1 aromatic carbocycles. The van der Waals surface area contributed by atoms with Crippen LogP contribution in [0.4, 0.5) is 4.39 Å². The van der Waals surface area contributed by atoms with Crippen molar-refractivity contribution in [3.05, 3.63) is 30.1 Å². The molecule has 1 saturated carbocycles. The maximum absolute atomic E-state index is 12.7. The molecule has 1 fully saturated rings. The smallest absolute Gasteiger partial charge is 0.123 e. The molecule has 0 heterocycles. The maximum atomic E-state index is 12.7. The van der Waals surface area contributed by atoms with Gasteiger partial charge in [0, 0.05) is 12.6 Å². The van der Waals surface area contributed by atoms with Crippen molar-refractivity contribution in [2.75, 3.05) is 20.2 Å². The zero-order chi connectivity index (χ0) is 13.8. The number of nitrogens with zero attached hydrogens (tertiary/aromatic N) is 1. The van der Waals surface area contributed by atoms with E-state index in [-0.39, 0.29) is 12.4 Å². The zero-order valence-electron chi connectivity index (χ0n) is 11.6. The molecule has 1 aliphatic carbocycles. The molecule has 0 radical (unpaired) electrons. The molecular formula is C15H22FNO2. The van der Waals surface area contributed by atoms with Gasteiger partial charge >= 0.3 is 0 Å². The van der Waals surface area contributed by atoms with Gasteiger partial charge in [-0.1, -0.05) is 0 Å². The summed E-state index contributed by atoms with van der Waals surface area (Å²) in [4.78, 5) is 2.18. The van der Waals surface area contributed by atoms with Crippen LogP contribution in [-0.4, -0.2) is 42.4 Å². The van der Waals surface area contributed by atoms with Crippen molar-refractivity contribution >= 4 is 0 Å². The van der Waals surface area contributed by atoms with Crippen molar-refractivity contribution in [1.82, 2.24) is 4.90 Å². The summed E-state index contributed by atoms with van der Waals surface area (Å²) in [6, 6.07) is 6.35. The van der Waals surface area contributed by atoms with Crippen molar-refractivity contribution in [3.63, 3.8) is 0 Å². The summed E-state index contributed by atoms with van der Waals surface area (Å²) in [6.45, 7) is 3.03. The zero-order valence-corrected chi connectivity index (χ0v) is 11.6. The van der Waals surface area contributed by atoms with Crippen molar-refractivity contribution in [1.29, 1.82) is 0 Å². The second kappa shape index (κ2) is 6.35. The predicted molar refractivity (Wildman–Crippen MR) is 72.7 cm³/mol. The number of halogens is 1. The van der Waals surface area contributed by atoms with Crippen molar-refractivity contribution in [2.24, 2.45) is 5.92 Å². The maximum Gasteiger partial charge on any atom is 0.123 e. The van der Waals surface area contributed by atoms with Crippen LogP contribution in [0, 0.1) is 11.7 Å². The van der Waals surface area contributed by atoms with E-state index in [9.17, 15) is 9.50 Å². The topological polar surface area (TPSA) is 32.7 Å². The molecule has 2 rings (SSSR count). The van der Waals surface area contributed by atoms with Crippen LogP contribution in [0.5, 0.6) is 5.75 Å². The number of rotatable bonds is 7. The van der Waals surface area contributed by atoms with E-state index in [2.05, 4.69) is 11.8 Å². The number of likely N-dealkylation sites (N-methyl/N-ethyl adjacent to an activating group) is 1. The average molecular weight is 267 g/mol. The highest BCUT2D eigenvalue weighted by Gasteiger charge is 2.30. The van der Waals surface area contributed by atoms with Gasteiger partial charge in [0.25, 0.3) is 0 Å². The standard InChI is InChI=1S/C15H22FNO2/c1-11(12-3-4-12)17(2)9-14(18)10-19-15-7-5-13(16)6-8-15/h5-8,11-12,14,18H,3-4,9-10H2,1-2H3. The second-order valence-corrected chi connectivity index (χ2v) is 5.44. The number of benzene rings is 1. The van der Waals surface area contributed by atoms with Gasteiger partial charge in [-0.2, -0.15) is 0 Å². The largest absolute Gasteiger partial charge is 0.491 e. The first-order chi connectivity index (χ1) is 9.06. The molecule has 0 bridgehead atoms. The summed E-state index contributed by atoms with van der Waals surface area (Å²) in [7, 11) is 2.03. The van der Waals surface area contributed by atoms with E-state index < -0.39 is 6.10 Å². The number of ether oxygens (including phenoxy) is 1. The van der Waals surface area contributed by atoms with Crippen molar-refractivity contribution in [2.45, 2.75) is 31.9 Å². The van der Waals surface area contributed by atoms with Crippen LogP contribution in [0.1, 0.15) is 19.8 Å². The fraction of sp³-hybridized carbons (Fsp3) is 0.600. The molecule has 3 nitrogen and oxygen atoms in total. The second-order valence-electron chi connectivity index (χ2n) is 5.44. The molecule has 0 amide bonds. The monoisotopic (exact) mass is 267 g/mol. The molecule has 2 atom stereocenters. The lowest BCUT2D eigenvalue weighted by atomic mass is 10.2. The van der Waals surface area contributed by atoms with Gasteiger partial charge in [0.2, 0.25) is 0 Å². The molecule has 1 N–H and O–H groups in total. The van der Waals surface area contributed by atoms with E-state index in [1.165, 1.54) is 25.0 Å². The fourth-order valence-corrected chi connectivity index (χ4v) is 2.21. The summed E-state index contributed by atoms with van der Waals surface area (Å²) in [5.74, 6) is 1.08. The number of aliphatic hydroxyl groups excluding tert-OH is 1. The van der Waals surface area contributed by atoms with Crippen LogP contribution in [0.25, 0.3) is 0 Å². The Labute approximate surface area is 114 Å². The van der Waals surface area contributed by atoms with Crippen LogP contribution in [0.3, 0.4) is 0 Å². The van der Waals surface area contributed by atoms with E-state index in [1.54, 1.807) is 12.1 Å². The van der Waals surface area contributed by atoms with Gasteiger partial charge in [0.05, 0.1) is 0 Å². The molecule has 106 valence electrons. The summed E-state index contributed by atoms with van der Waals surface area (Å²) < 4.78 is 18.2. The Morgan fingerprint density at radius 3 is 2.58 bits per heavy atom. The molecule has 19 heavy (non-hydrogen) atoms. The van der Waals surface area contributed by atoms with Gasteiger partial charge in [0.1, 0.15) is 24.3 Å². The number of hydrogen-bond donors (Lipinski definition) is 1. The van der Waals surface area contributed by atoms with E-state index in [1.807, 2.05) is 7.05 Å². The summed E-state index contributed by atoms with van der Waals surface area (Å²) >= 11 is 0. The highest BCUT2D eigenvalue weighted by Crippen LogP contribution is 2.34. The highest BCUT2D eigenvalue weighted by molar-refractivity contribution is 5.22. The van der Waals surface area contributed by atoms with E-state index >= 15 is 0 Å². The molecule has 0 saturated heterocycles. The van der Waals surface area contributed by atoms with Gasteiger partial charge in [-0.3, -0.25) is 0 Å². The Kier molecular flexibility index (Phi) is 4.77. The third kappa shape index (κ3) is 4.48. The SMILES string of the molecule is CC(C1CC1)N(C)CC(O)COc1ccc(F)cc1. The van der Waals surface area contributed by atoms with E-state index in [0.717, 1.165) is 5.92 Å². The lowest BCUT2D eigenvalue weighted by molar-refractivity contribution is 0.0622. The van der Waals surface area contributed by atoms with Crippen molar-refractivity contribution in [3.8, 4) is 5.75 Å². The summed E-state index contributed by atoms with van der Waals surface area (Å²) in [6.07, 6.45) is 2.07. The lowest BCUT2D eigenvalue weighted by Crippen LogP contribution is -2.39. The van der Waals surface area contributed by atoms with Crippen LogP contribution in [0.2, 0.25) is 0 Å². The molecule has 0 aromatic heterocycles. The van der Waals surface area contributed by atoms with Gasteiger partial charge < -0.3 is 14.7 Å². The Bertz CT molecular complexity index is 392. The molecule has 1 aromatic rings. The van der Waals surface area contributed by atoms with E-state index in [4.69, 9.17) is 4.74 Å². The molecular weight excluding hydrogens is 245 g/mol. The third-order valence-corrected chi connectivity index (χ3v) is 3.75. The average Bonchev–Trinajstić information content (AvgIpc) is 3.21. The fourth-order valence-electron chi connectivity index (χ4n) is 2.21. The van der Waals surface area contributed by atoms with Gasteiger partial charge in [-0.05, 0) is 57.0 Å². The first-order valence-corrected chi connectivity index (χ1v) is 6.83. The first kappa shape index (κ1) is 14.3. The minimum absolute atomic E-state index is 0.230. The predicted octanol–water partition coefficient (Wildman–Crippen LogP) is 2.30. The highest BCUT2D eigenvalue weighted by atomic mass is 19.1. The van der Waals surface area contributed by atoms with E-state index in [0.29, 0.717) is 18.3 Å². The van der Waals surface area contributed by atoms with Gasteiger partial charge in [-0.15, -0.1) is 0 Å². The first-order valence-electron chi connectivity index (χ1n) is 6.83. The number of aliphatic hydroxyl groups is 1. The van der Waals surface area contributed by atoms with Crippen LogP contribution < -0.4 is 4.74 Å². The molecule has 2 unspecified atom stereocenters. The van der Waals surface area contributed by atoms with Crippen LogP contribution in [0.15, 0.2) is 24.3 Å². The summed E-state index contributed by atoms with van der Waals surface area (Å²) in [5, 5.41) is 9.95. The van der Waals surface area contributed by atoms with Gasteiger partial charge in [-0.25, -0.2) is 4.39 Å². The number of hydrogen-bond acceptors (Lipinski definition) is 3. The van der Waals surface area contributed by atoms with Gasteiger partial charge in [0.15, 0.2) is 0 Å². The Morgan fingerprint density at radius 2 is 2.00 bits per heavy atom. The Hall–Kier alpha value is -1.13. The minimum Gasteiger partial charge on any atom is -0.491 e. The minimum atomic E-state index is -0.531. The molecule has 4 heteroatoms. The summed E-state index contributed by atoms with van der Waals surface area (Å²) in [5.41, 5.74) is 0. The Balaban J connectivity index is 1.71. The van der Waals surface area contributed by atoms with Crippen LogP contribution >= 0.6 is 0 Å². The Morgan fingerprint density at radius 1 is 1.37 bits per heavy atom. The lowest BCUT2D eigenvalue weighted by Gasteiger charge is -2.26. The third-order valence-electron chi connectivity index (χ3n) is 3.75.